The maximum Gasteiger partial charge on any atom is 0.0558 e. The maximum absolute atomic E-state index is 5.42. The normalized spacial score (nSPS) is 18.7. The van der Waals surface area contributed by atoms with Crippen molar-refractivity contribution in [3.63, 3.8) is 0 Å². The molecule has 0 radical (unpaired) electrons. The molecule has 0 unspecified atom stereocenters. The number of aromatic nitrogens is 3. The SMILES string of the molecule is CCn1ncc2c1[C@@H](COC)CN(Cc1ccccn1)C2. The predicted octanol–water partition coefficient (Wildman–Crippen LogP) is 2.04. The smallest absolute Gasteiger partial charge is 0.0558 e. The minimum absolute atomic E-state index is 0.380. The average Bonchev–Trinajstić information content (AvgIpc) is 2.92. The van der Waals surface area contributed by atoms with Gasteiger partial charge in [-0.05, 0) is 19.1 Å². The van der Waals surface area contributed by atoms with Crippen molar-refractivity contribution in [3.05, 3.63) is 47.5 Å². The zero-order valence-corrected chi connectivity index (χ0v) is 12.7. The van der Waals surface area contributed by atoms with Crippen LogP contribution in [-0.4, -0.2) is 39.9 Å². The Morgan fingerprint density at radius 1 is 1.38 bits per heavy atom. The third kappa shape index (κ3) is 2.99. The van der Waals surface area contributed by atoms with Crippen LogP contribution in [0.5, 0.6) is 0 Å². The van der Waals surface area contributed by atoms with E-state index in [4.69, 9.17) is 4.74 Å². The first kappa shape index (κ1) is 14.2. The number of rotatable bonds is 5. The van der Waals surface area contributed by atoms with Crippen LogP contribution < -0.4 is 0 Å². The van der Waals surface area contributed by atoms with E-state index in [0.717, 1.165) is 38.5 Å². The average molecular weight is 286 g/mol. The maximum atomic E-state index is 5.42. The van der Waals surface area contributed by atoms with Crippen LogP contribution >= 0.6 is 0 Å². The largest absolute Gasteiger partial charge is 0.384 e. The molecule has 2 aromatic heterocycles. The number of nitrogens with zero attached hydrogens (tertiary/aromatic N) is 4. The quantitative estimate of drug-likeness (QED) is 0.843. The summed E-state index contributed by atoms with van der Waals surface area (Å²) in [5, 5.41) is 4.51. The highest BCUT2D eigenvalue weighted by Gasteiger charge is 2.29. The number of hydrogen-bond donors (Lipinski definition) is 0. The fourth-order valence-corrected chi connectivity index (χ4v) is 3.16. The van der Waals surface area contributed by atoms with Gasteiger partial charge in [0.25, 0.3) is 0 Å². The molecular formula is C16H22N4O. The zero-order valence-electron chi connectivity index (χ0n) is 12.7. The molecule has 112 valence electrons. The summed E-state index contributed by atoms with van der Waals surface area (Å²) in [6.45, 7) is 6.58. The Labute approximate surface area is 125 Å². The summed E-state index contributed by atoms with van der Waals surface area (Å²) in [6, 6.07) is 6.08. The lowest BCUT2D eigenvalue weighted by atomic mass is 9.96. The van der Waals surface area contributed by atoms with Gasteiger partial charge in [0.05, 0.1) is 18.5 Å². The minimum Gasteiger partial charge on any atom is -0.384 e. The number of fused-ring (bicyclic) bond motifs is 1. The molecule has 0 spiro atoms. The standard InChI is InChI=1S/C16H22N4O/c1-3-20-16-13(8-18-20)9-19(10-14(16)12-21-2)11-15-6-4-5-7-17-15/h4-8,14H,3,9-12H2,1-2H3/t14-/m1/s1. The topological polar surface area (TPSA) is 43.2 Å². The molecule has 0 bridgehead atoms. The third-order valence-corrected chi connectivity index (χ3v) is 4.00. The van der Waals surface area contributed by atoms with Gasteiger partial charge in [-0.2, -0.15) is 5.10 Å². The van der Waals surface area contributed by atoms with Gasteiger partial charge in [-0.25, -0.2) is 0 Å². The highest BCUT2D eigenvalue weighted by atomic mass is 16.5. The van der Waals surface area contributed by atoms with E-state index in [-0.39, 0.29) is 0 Å². The summed E-state index contributed by atoms with van der Waals surface area (Å²) < 4.78 is 7.53. The number of ether oxygens (including phenoxy) is 1. The molecule has 0 amide bonds. The molecule has 3 heterocycles. The molecule has 0 saturated carbocycles. The lowest BCUT2D eigenvalue weighted by molar-refractivity contribution is 0.131. The summed E-state index contributed by atoms with van der Waals surface area (Å²) in [6.07, 6.45) is 3.86. The van der Waals surface area contributed by atoms with E-state index in [1.165, 1.54) is 11.3 Å². The molecular weight excluding hydrogens is 264 g/mol. The Hall–Kier alpha value is -1.72. The van der Waals surface area contributed by atoms with Crippen molar-refractivity contribution in [3.8, 4) is 0 Å². The molecule has 0 fully saturated rings. The number of methoxy groups -OCH3 is 1. The molecule has 1 aliphatic rings. The van der Waals surface area contributed by atoms with E-state index >= 15 is 0 Å². The molecule has 2 aromatic rings. The van der Waals surface area contributed by atoms with Crippen LogP contribution in [0.2, 0.25) is 0 Å². The van der Waals surface area contributed by atoms with Crippen LogP contribution in [0.4, 0.5) is 0 Å². The molecule has 0 N–H and O–H groups in total. The van der Waals surface area contributed by atoms with Crippen molar-refractivity contribution in [1.29, 1.82) is 0 Å². The van der Waals surface area contributed by atoms with Crippen molar-refractivity contribution in [2.75, 3.05) is 20.3 Å². The second-order valence-corrected chi connectivity index (χ2v) is 5.51. The predicted molar refractivity (Wildman–Crippen MR) is 80.9 cm³/mol. The lowest BCUT2D eigenvalue weighted by Gasteiger charge is -2.32. The Morgan fingerprint density at radius 3 is 3.00 bits per heavy atom. The van der Waals surface area contributed by atoms with Gasteiger partial charge in [-0.3, -0.25) is 14.6 Å². The fraction of sp³-hybridized carbons (Fsp3) is 0.500. The van der Waals surface area contributed by atoms with Gasteiger partial charge in [-0.1, -0.05) is 6.07 Å². The number of aryl methyl sites for hydroxylation is 1. The lowest BCUT2D eigenvalue weighted by Crippen LogP contribution is -2.36. The van der Waals surface area contributed by atoms with E-state index in [9.17, 15) is 0 Å². The van der Waals surface area contributed by atoms with Crippen LogP contribution in [0.1, 0.15) is 29.8 Å². The molecule has 1 atom stereocenters. The van der Waals surface area contributed by atoms with Crippen LogP contribution in [0, 0.1) is 0 Å². The van der Waals surface area contributed by atoms with Gasteiger partial charge in [0.15, 0.2) is 0 Å². The van der Waals surface area contributed by atoms with Gasteiger partial charge < -0.3 is 4.74 Å². The number of hydrogen-bond acceptors (Lipinski definition) is 4. The van der Waals surface area contributed by atoms with Crippen molar-refractivity contribution in [2.24, 2.45) is 0 Å². The molecule has 0 aromatic carbocycles. The van der Waals surface area contributed by atoms with Gasteiger partial charge in [0.1, 0.15) is 0 Å². The van der Waals surface area contributed by atoms with E-state index in [2.05, 4.69) is 32.7 Å². The Bertz CT molecular complexity index is 581. The van der Waals surface area contributed by atoms with Crippen molar-refractivity contribution < 1.29 is 4.74 Å². The highest BCUT2D eigenvalue weighted by Crippen LogP contribution is 2.29. The molecule has 0 saturated heterocycles. The monoisotopic (exact) mass is 286 g/mol. The second-order valence-electron chi connectivity index (χ2n) is 5.51. The van der Waals surface area contributed by atoms with Crippen LogP contribution in [0.3, 0.4) is 0 Å². The van der Waals surface area contributed by atoms with Gasteiger partial charge in [-0.15, -0.1) is 0 Å². The van der Waals surface area contributed by atoms with Gasteiger partial charge >= 0.3 is 0 Å². The highest BCUT2D eigenvalue weighted by molar-refractivity contribution is 5.25. The third-order valence-electron chi connectivity index (χ3n) is 4.00. The number of pyridine rings is 1. The van der Waals surface area contributed by atoms with E-state index < -0.39 is 0 Å². The Kier molecular flexibility index (Phi) is 4.31. The fourth-order valence-electron chi connectivity index (χ4n) is 3.16. The van der Waals surface area contributed by atoms with Gasteiger partial charge in [0.2, 0.25) is 0 Å². The first-order chi connectivity index (χ1) is 10.3. The van der Waals surface area contributed by atoms with Crippen molar-refractivity contribution in [1.82, 2.24) is 19.7 Å². The Balaban J connectivity index is 1.81. The summed E-state index contributed by atoms with van der Waals surface area (Å²) in [5.41, 5.74) is 3.78. The molecule has 3 rings (SSSR count). The van der Waals surface area contributed by atoms with Crippen molar-refractivity contribution in [2.45, 2.75) is 32.5 Å². The molecule has 1 aliphatic heterocycles. The van der Waals surface area contributed by atoms with Crippen LogP contribution in [-0.2, 0) is 24.4 Å². The first-order valence-corrected chi connectivity index (χ1v) is 7.47. The van der Waals surface area contributed by atoms with Crippen LogP contribution in [0.15, 0.2) is 30.6 Å². The first-order valence-electron chi connectivity index (χ1n) is 7.47. The minimum atomic E-state index is 0.380. The summed E-state index contributed by atoms with van der Waals surface area (Å²) >= 11 is 0. The molecule has 21 heavy (non-hydrogen) atoms. The molecule has 0 aliphatic carbocycles. The molecule has 5 nitrogen and oxygen atoms in total. The van der Waals surface area contributed by atoms with E-state index in [1.54, 1.807) is 7.11 Å². The van der Waals surface area contributed by atoms with Crippen LogP contribution in [0.25, 0.3) is 0 Å². The summed E-state index contributed by atoms with van der Waals surface area (Å²) in [4.78, 5) is 6.85. The van der Waals surface area contributed by atoms with Crippen molar-refractivity contribution >= 4 is 0 Å². The van der Waals surface area contributed by atoms with Gasteiger partial charge in [0, 0.05) is 56.7 Å². The zero-order chi connectivity index (χ0) is 14.7. The van der Waals surface area contributed by atoms with E-state index in [0.29, 0.717) is 5.92 Å². The second kappa shape index (κ2) is 6.37. The summed E-state index contributed by atoms with van der Waals surface area (Å²) in [7, 11) is 1.77. The van der Waals surface area contributed by atoms with E-state index in [1.807, 2.05) is 24.5 Å². The summed E-state index contributed by atoms with van der Waals surface area (Å²) in [5.74, 6) is 0.380. The molecule has 5 heteroatoms. The Morgan fingerprint density at radius 2 is 2.29 bits per heavy atom.